The van der Waals surface area contributed by atoms with Crippen molar-refractivity contribution in [3.63, 3.8) is 0 Å². The summed E-state index contributed by atoms with van der Waals surface area (Å²) in [4.78, 5) is 26.9. The maximum Gasteiger partial charge on any atom is 0.246 e. The van der Waals surface area contributed by atoms with E-state index in [0.29, 0.717) is 47.3 Å². The van der Waals surface area contributed by atoms with Crippen molar-refractivity contribution in [1.82, 2.24) is 34.8 Å². The van der Waals surface area contributed by atoms with Crippen molar-refractivity contribution in [3.8, 4) is 22.6 Å². The number of anilines is 1. The standard InChI is InChI=1S/C22H22N8O2/c1-3-17(31)29-10-4-5-16(11-29)30-22-18(20(23)24-12-25-22)19(27-30)14-6-8-15(9-7-14)21-26-13(2)32-28-21/h3,6-9,12,16H,1,4-5,10-11H2,2H3,(H2,23,24,25). The molecule has 2 N–H and O–H groups in total. The zero-order valence-corrected chi connectivity index (χ0v) is 17.6. The Morgan fingerprint density at radius 3 is 2.75 bits per heavy atom. The van der Waals surface area contributed by atoms with Crippen LogP contribution in [0.25, 0.3) is 33.7 Å². The van der Waals surface area contributed by atoms with Crippen molar-refractivity contribution in [2.45, 2.75) is 25.8 Å². The smallest absolute Gasteiger partial charge is 0.246 e. The van der Waals surface area contributed by atoms with E-state index in [9.17, 15) is 4.79 Å². The quantitative estimate of drug-likeness (QED) is 0.489. The van der Waals surface area contributed by atoms with Crippen molar-refractivity contribution in [2.75, 3.05) is 18.8 Å². The number of nitrogens with two attached hydrogens (primary N) is 1. The fourth-order valence-electron chi connectivity index (χ4n) is 4.13. The molecule has 5 rings (SSSR count). The topological polar surface area (TPSA) is 129 Å². The SMILES string of the molecule is C=CC(=O)N1CCCC(n2nc(-c3ccc(-c4noc(C)n4)cc3)c3c(N)ncnc32)C1. The number of carbonyl (C=O) groups excluding carboxylic acids is 1. The summed E-state index contributed by atoms with van der Waals surface area (Å²) in [6.45, 7) is 6.61. The van der Waals surface area contributed by atoms with Gasteiger partial charge in [0.05, 0.1) is 11.4 Å². The number of nitrogen functional groups attached to an aromatic ring is 1. The van der Waals surface area contributed by atoms with E-state index in [4.69, 9.17) is 15.4 Å². The Labute approximate surface area is 183 Å². The van der Waals surface area contributed by atoms with Crippen LogP contribution in [0.1, 0.15) is 24.8 Å². The monoisotopic (exact) mass is 430 g/mol. The zero-order valence-electron chi connectivity index (χ0n) is 17.6. The Kier molecular flexibility index (Phi) is 4.89. The number of fused-ring (bicyclic) bond motifs is 1. The molecule has 1 aromatic carbocycles. The molecule has 10 nitrogen and oxygen atoms in total. The number of likely N-dealkylation sites (tertiary alicyclic amines) is 1. The van der Waals surface area contributed by atoms with Crippen LogP contribution in [0.3, 0.4) is 0 Å². The summed E-state index contributed by atoms with van der Waals surface area (Å²) in [6.07, 6.45) is 4.55. The maximum atomic E-state index is 12.2. The highest BCUT2D eigenvalue weighted by molar-refractivity contribution is 5.98. The normalized spacial score (nSPS) is 16.4. The van der Waals surface area contributed by atoms with E-state index < -0.39 is 0 Å². The third-order valence-corrected chi connectivity index (χ3v) is 5.69. The van der Waals surface area contributed by atoms with Crippen LogP contribution >= 0.6 is 0 Å². The van der Waals surface area contributed by atoms with Gasteiger partial charge in [0.2, 0.25) is 17.6 Å². The van der Waals surface area contributed by atoms with Gasteiger partial charge in [0.1, 0.15) is 17.8 Å². The molecule has 1 aliphatic heterocycles. The number of aromatic nitrogens is 6. The van der Waals surface area contributed by atoms with Gasteiger partial charge in [-0.25, -0.2) is 14.6 Å². The lowest BCUT2D eigenvalue weighted by molar-refractivity contribution is -0.127. The minimum Gasteiger partial charge on any atom is -0.383 e. The van der Waals surface area contributed by atoms with E-state index in [2.05, 4.69) is 26.7 Å². The second kappa shape index (κ2) is 7.88. The summed E-state index contributed by atoms with van der Waals surface area (Å²) in [5.41, 5.74) is 9.30. The molecule has 1 saturated heterocycles. The molecule has 1 amide bonds. The number of nitrogens with zero attached hydrogens (tertiary/aromatic N) is 7. The molecule has 0 radical (unpaired) electrons. The molecular weight excluding hydrogens is 408 g/mol. The van der Waals surface area contributed by atoms with Gasteiger partial charge in [0.15, 0.2) is 5.65 Å². The van der Waals surface area contributed by atoms with Crippen LogP contribution < -0.4 is 5.73 Å². The summed E-state index contributed by atoms with van der Waals surface area (Å²) < 4.78 is 6.94. The van der Waals surface area contributed by atoms with Gasteiger partial charge in [-0.15, -0.1) is 0 Å². The van der Waals surface area contributed by atoms with E-state index in [-0.39, 0.29) is 11.9 Å². The van der Waals surface area contributed by atoms with Crippen LogP contribution in [0.15, 0.2) is 47.8 Å². The molecule has 1 aliphatic rings. The molecule has 4 heterocycles. The highest BCUT2D eigenvalue weighted by Crippen LogP contribution is 2.34. The molecule has 1 unspecified atom stereocenters. The zero-order chi connectivity index (χ0) is 22.2. The van der Waals surface area contributed by atoms with Crippen molar-refractivity contribution >= 4 is 22.8 Å². The van der Waals surface area contributed by atoms with Gasteiger partial charge in [0.25, 0.3) is 0 Å². The number of aryl methyl sites for hydroxylation is 1. The van der Waals surface area contributed by atoms with Gasteiger partial charge in [-0.05, 0) is 18.9 Å². The summed E-state index contributed by atoms with van der Waals surface area (Å²) in [7, 11) is 0. The first-order valence-corrected chi connectivity index (χ1v) is 10.4. The van der Waals surface area contributed by atoms with E-state index >= 15 is 0 Å². The Morgan fingerprint density at radius 1 is 1.25 bits per heavy atom. The third-order valence-electron chi connectivity index (χ3n) is 5.69. The fraction of sp³-hybridized carbons (Fsp3) is 0.273. The van der Waals surface area contributed by atoms with E-state index in [1.165, 1.54) is 12.4 Å². The molecule has 0 spiro atoms. The molecule has 0 bridgehead atoms. The number of amides is 1. The van der Waals surface area contributed by atoms with Crippen LogP contribution in [-0.4, -0.2) is 53.8 Å². The maximum absolute atomic E-state index is 12.2. The Morgan fingerprint density at radius 2 is 2.03 bits per heavy atom. The Balaban J connectivity index is 1.56. The van der Waals surface area contributed by atoms with Crippen molar-refractivity contribution in [1.29, 1.82) is 0 Å². The van der Waals surface area contributed by atoms with Crippen molar-refractivity contribution in [2.24, 2.45) is 0 Å². The Bertz CT molecular complexity index is 1310. The molecule has 1 fully saturated rings. The van der Waals surface area contributed by atoms with Gasteiger partial charge >= 0.3 is 0 Å². The summed E-state index contributed by atoms with van der Waals surface area (Å²) in [5, 5.41) is 9.55. The molecule has 32 heavy (non-hydrogen) atoms. The second-order valence-electron chi connectivity index (χ2n) is 7.75. The third kappa shape index (κ3) is 3.39. The highest BCUT2D eigenvalue weighted by Gasteiger charge is 2.28. The molecule has 0 saturated carbocycles. The summed E-state index contributed by atoms with van der Waals surface area (Å²) in [6, 6.07) is 7.69. The fourth-order valence-corrected chi connectivity index (χ4v) is 4.13. The van der Waals surface area contributed by atoms with Gasteiger partial charge in [-0.3, -0.25) is 4.79 Å². The average Bonchev–Trinajstić information content (AvgIpc) is 3.43. The average molecular weight is 430 g/mol. The lowest BCUT2D eigenvalue weighted by Crippen LogP contribution is -2.40. The lowest BCUT2D eigenvalue weighted by Gasteiger charge is -2.32. The molecule has 3 aromatic heterocycles. The highest BCUT2D eigenvalue weighted by atomic mass is 16.5. The van der Waals surface area contributed by atoms with Gasteiger partial charge < -0.3 is 15.2 Å². The first kappa shape index (κ1) is 19.9. The van der Waals surface area contributed by atoms with Gasteiger partial charge in [-0.1, -0.05) is 36.0 Å². The molecular formula is C22H22N8O2. The number of benzene rings is 1. The van der Waals surface area contributed by atoms with E-state index in [1.807, 2.05) is 28.9 Å². The lowest BCUT2D eigenvalue weighted by atomic mass is 10.1. The number of rotatable bonds is 4. The van der Waals surface area contributed by atoms with Crippen LogP contribution in [0, 0.1) is 6.92 Å². The molecule has 0 aliphatic carbocycles. The molecule has 4 aromatic rings. The number of carbonyl (C=O) groups is 1. The van der Waals surface area contributed by atoms with Crippen molar-refractivity contribution < 1.29 is 9.32 Å². The van der Waals surface area contributed by atoms with Crippen LogP contribution in [0.4, 0.5) is 5.82 Å². The minimum absolute atomic E-state index is 0.0141. The summed E-state index contributed by atoms with van der Waals surface area (Å²) in [5.74, 6) is 1.33. The second-order valence-corrected chi connectivity index (χ2v) is 7.75. The number of hydrogen-bond donors (Lipinski definition) is 1. The molecule has 162 valence electrons. The molecule has 10 heteroatoms. The number of piperidine rings is 1. The van der Waals surface area contributed by atoms with Crippen molar-refractivity contribution in [3.05, 3.63) is 49.1 Å². The van der Waals surface area contributed by atoms with Gasteiger partial charge in [-0.2, -0.15) is 10.1 Å². The number of hydrogen-bond acceptors (Lipinski definition) is 8. The van der Waals surface area contributed by atoms with Gasteiger partial charge in [0, 0.05) is 31.1 Å². The van der Waals surface area contributed by atoms with Crippen LogP contribution in [0.5, 0.6) is 0 Å². The predicted octanol–water partition coefficient (Wildman–Crippen LogP) is 2.78. The first-order chi connectivity index (χ1) is 15.5. The van der Waals surface area contributed by atoms with E-state index in [1.54, 1.807) is 11.8 Å². The van der Waals surface area contributed by atoms with Crippen LogP contribution in [0.2, 0.25) is 0 Å². The minimum atomic E-state index is -0.0761. The summed E-state index contributed by atoms with van der Waals surface area (Å²) >= 11 is 0. The van der Waals surface area contributed by atoms with Crippen LogP contribution in [-0.2, 0) is 4.79 Å². The molecule has 1 atom stereocenters. The first-order valence-electron chi connectivity index (χ1n) is 10.4. The largest absolute Gasteiger partial charge is 0.383 e. The van der Waals surface area contributed by atoms with E-state index in [0.717, 1.165) is 24.0 Å². The Hall–Kier alpha value is -4.08. The predicted molar refractivity (Wildman–Crippen MR) is 118 cm³/mol.